The Kier molecular flexibility index (Phi) is 3.55. The molecule has 2 rings (SSSR count). The number of benzene rings is 1. The van der Waals surface area contributed by atoms with Gasteiger partial charge < -0.3 is 5.11 Å². The van der Waals surface area contributed by atoms with Gasteiger partial charge in [-0.15, -0.1) is 0 Å². The summed E-state index contributed by atoms with van der Waals surface area (Å²) >= 11 is 0. The summed E-state index contributed by atoms with van der Waals surface area (Å²) in [5.41, 5.74) is 0.663. The molecule has 0 amide bonds. The summed E-state index contributed by atoms with van der Waals surface area (Å²) in [6.07, 6.45) is 11.7. The van der Waals surface area contributed by atoms with Crippen LogP contribution < -0.4 is 0 Å². The first-order valence-corrected chi connectivity index (χ1v) is 5.60. The Morgan fingerprint density at radius 2 is 2.12 bits per heavy atom. The maximum atomic E-state index is 11.8. The fourth-order valence-corrected chi connectivity index (χ4v) is 1.72. The maximum Gasteiger partial charge on any atom is 0.162 e. The highest BCUT2D eigenvalue weighted by Crippen LogP contribution is 2.18. The second-order valence-corrected chi connectivity index (χ2v) is 3.95. The van der Waals surface area contributed by atoms with Gasteiger partial charge in [0.2, 0.25) is 0 Å². The number of phenols is 1. The minimum Gasteiger partial charge on any atom is -0.507 e. The molecule has 86 valence electrons. The van der Waals surface area contributed by atoms with Gasteiger partial charge in [0.15, 0.2) is 5.78 Å². The average Bonchev–Trinajstić information content (AvgIpc) is 2.38. The molecule has 1 atom stereocenters. The smallest absolute Gasteiger partial charge is 0.162 e. The molecule has 0 aromatic heterocycles. The van der Waals surface area contributed by atoms with E-state index in [-0.39, 0.29) is 17.5 Å². The standard InChI is InChI=1S/C15H14O2/c16-14-9-5-4-8-13(14)10-11-15(17)12-6-2-1-3-7-12/h1-6,8-12,16H,7H2. The molecule has 0 saturated carbocycles. The van der Waals surface area contributed by atoms with Gasteiger partial charge in [-0.1, -0.05) is 42.5 Å². The first kappa shape index (κ1) is 11.4. The van der Waals surface area contributed by atoms with Crippen molar-refractivity contribution in [3.63, 3.8) is 0 Å². The lowest BCUT2D eigenvalue weighted by atomic mass is 9.95. The number of hydrogen-bond donors (Lipinski definition) is 1. The highest BCUT2D eigenvalue weighted by Gasteiger charge is 2.12. The number of ketones is 1. The van der Waals surface area contributed by atoms with Crippen LogP contribution in [0.2, 0.25) is 0 Å². The second kappa shape index (κ2) is 5.30. The molecule has 2 nitrogen and oxygen atoms in total. The van der Waals surface area contributed by atoms with Crippen molar-refractivity contribution in [2.24, 2.45) is 5.92 Å². The Morgan fingerprint density at radius 3 is 2.82 bits per heavy atom. The zero-order valence-corrected chi connectivity index (χ0v) is 9.41. The Labute approximate surface area is 101 Å². The van der Waals surface area contributed by atoms with Gasteiger partial charge >= 0.3 is 0 Å². The topological polar surface area (TPSA) is 37.3 Å². The van der Waals surface area contributed by atoms with Crippen LogP contribution in [0.5, 0.6) is 5.75 Å². The Balaban J connectivity index is 2.06. The molecule has 1 aromatic carbocycles. The number of aromatic hydroxyl groups is 1. The summed E-state index contributed by atoms with van der Waals surface area (Å²) in [6.45, 7) is 0. The number of hydrogen-bond acceptors (Lipinski definition) is 2. The summed E-state index contributed by atoms with van der Waals surface area (Å²) in [7, 11) is 0. The quantitative estimate of drug-likeness (QED) is 0.804. The summed E-state index contributed by atoms with van der Waals surface area (Å²) in [5, 5.41) is 9.55. The van der Waals surface area contributed by atoms with E-state index in [1.54, 1.807) is 24.3 Å². The van der Waals surface area contributed by atoms with Crippen molar-refractivity contribution >= 4 is 11.9 Å². The molecule has 1 N–H and O–H groups in total. The molecule has 0 heterocycles. The van der Waals surface area contributed by atoms with Crippen molar-refractivity contribution < 1.29 is 9.90 Å². The van der Waals surface area contributed by atoms with Crippen molar-refractivity contribution in [2.45, 2.75) is 6.42 Å². The number of rotatable bonds is 3. The molecule has 0 bridgehead atoms. The minimum absolute atomic E-state index is 0.0638. The number of carbonyl (C=O) groups excluding carboxylic acids is 1. The highest BCUT2D eigenvalue weighted by atomic mass is 16.3. The molecule has 0 fully saturated rings. The summed E-state index contributed by atoms with van der Waals surface area (Å²) < 4.78 is 0. The molecular weight excluding hydrogens is 212 g/mol. The molecule has 17 heavy (non-hydrogen) atoms. The molecule has 2 heteroatoms. The van der Waals surface area contributed by atoms with Gasteiger partial charge in [-0.2, -0.15) is 0 Å². The van der Waals surface area contributed by atoms with E-state index in [0.717, 1.165) is 6.42 Å². The number of carbonyl (C=O) groups is 1. The van der Waals surface area contributed by atoms with Crippen molar-refractivity contribution in [2.75, 3.05) is 0 Å². The van der Waals surface area contributed by atoms with Crippen LogP contribution in [0.15, 0.2) is 54.6 Å². The van der Waals surface area contributed by atoms with Crippen molar-refractivity contribution in [3.05, 3.63) is 60.2 Å². The first-order chi connectivity index (χ1) is 8.27. The van der Waals surface area contributed by atoms with Crippen LogP contribution >= 0.6 is 0 Å². The normalized spacial score (nSPS) is 18.7. The minimum atomic E-state index is -0.0675. The average molecular weight is 226 g/mol. The Hall–Kier alpha value is -2.09. The lowest BCUT2D eigenvalue weighted by Gasteiger charge is -2.08. The number of allylic oxidation sites excluding steroid dienone is 5. The third kappa shape index (κ3) is 2.94. The van der Waals surface area contributed by atoms with Crippen LogP contribution in [-0.4, -0.2) is 10.9 Å². The number of phenolic OH excluding ortho intramolecular Hbond substituents is 1. The molecule has 1 unspecified atom stereocenters. The van der Waals surface area contributed by atoms with Crippen LogP contribution in [0.25, 0.3) is 6.08 Å². The predicted octanol–water partition coefficient (Wildman–Crippen LogP) is 3.11. The largest absolute Gasteiger partial charge is 0.507 e. The fraction of sp³-hybridized carbons (Fsp3) is 0.133. The Bertz CT molecular complexity index is 495. The van der Waals surface area contributed by atoms with E-state index >= 15 is 0 Å². The van der Waals surface area contributed by atoms with E-state index < -0.39 is 0 Å². The van der Waals surface area contributed by atoms with Gasteiger partial charge in [-0.3, -0.25) is 4.79 Å². The molecule has 1 aliphatic rings. The summed E-state index contributed by atoms with van der Waals surface area (Å²) in [6, 6.07) is 6.96. The van der Waals surface area contributed by atoms with Gasteiger partial charge in [-0.25, -0.2) is 0 Å². The van der Waals surface area contributed by atoms with Gasteiger partial charge in [-0.05, 0) is 24.6 Å². The lowest BCUT2D eigenvalue weighted by molar-refractivity contribution is -0.116. The monoisotopic (exact) mass is 226 g/mol. The first-order valence-electron chi connectivity index (χ1n) is 5.60. The third-order valence-electron chi connectivity index (χ3n) is 2.71. The van der Waals surface area contributed by atoms with E-state index in [4.69, 9.17) is 0 Å². The van der Waals surface area contributed by atoms with Crippen LogP contribution in [0.1, 0.15) is 12.0 Å². The van der Waals surface area contributed by atoms with Crippen molar-refractivity contribution in [1.29, 1.82) is 0 Å². The molecule has 1 aliphatic carbocycles. The van der Waals surface area contributed by atoms with Crippen molar-refractivity contribution in [3.8, 4) is 5.75 Å². The predicted molar refractivity (Wildman–Crippen MR) is 68.5 cm³/mol. The van der Waals surface area contributed by atoms with Gasteiger partial charge in [0.05, 0.1) is 0 Å². The zero-order chi connectivity index (χ0) is 12.1. The van der Waals surface area contributed by atoms with E-state index in [9.17, 15) is 9.90 Å². The van der Waals surface area contributed by atoms with E-state index in [0.29, 0.717) is 5.56 Å². The lowest BCUT2D eigenvalue weighted by Crippen LogP contribution is -2.09. The van der Waals surface area contributed by atoms with Crippen LogP contribution in [-0.2, 0) is 4.79 Å². The van der Waals surface area contributed by atoms with Gasteiger partial charge in [0, 0.05) is 11.5 Å². The summed E-state index contributed by atoms with van der Waals surface area (Å²) in [4.78, 5) is 11.8. The van der Waals surface area contributed by atoms with Gasteiger partial charge in [0.1, 0.15) is 5.75 Å². The second-order valence-electron chi connectivity index (χ2n) is 3.95. The zero-order valence-electron chi connectivity index (χ0n) is 9.41. The van der Waals surface area contributed by atoms with Crippen LogP contribution in [0.3, 0.4) is 0 Å². The van der Waals surface area contributed by atoms with Gasteiger partial charge in [0.25, 0.3) is 0 Å². The van der Waals surface area contributed by atoms with E-state index in [1.165, 1.54) is 6.08 Å². The molecular formula is C15H14O2. The van der Waals surface area contributed by atoms with Crippen LogP contribution in [0.4, 0.5) is 0 Å². The van der Waals surface area contributed by atoms with Crippen molar-refractivity contribution in [1.82, 2.24) is 0 Å². The third-order valence-corrected chi connectivity index (χ3v) is 2.71. The van der Waals surface area contributed by atoms with E-state index in [1.807, 2.05) is 30.4 Å². The van der Waals surface area contributed by atoms with E-state index in [2.05, 4.69) is 0 Å². The van der Waals surface area contributed by atoms with Crippen LogP contribution in [0, 0.1) is 5.92 Å². The molecule has 0 spiro atoms. The number of para-hydroxylation sites is 1. The Morgan fingerprint density at radius 1 is 1.29 bits per heavy atom. The molecule has 1 aromatic rings. The molecule has 0 saturated heterocycles. The maximum absolute atomic E-state index is 11.8. The fourth-order valence-electron chi connectivity index (χ4n) is 1.72. The SMILES string of the molecule is O=C(C=Cc1ccccc1O)C1C=CC=CC1. The summed E-state index contributed by atoms with van der Waals surface area (Å²) in [5.74, 6) is 0.187. The molecule has 0 radical (unpaired) electrons. The highest BCUT2D eigenvalue weighted by molar-refractivity contribution is 5.96. The molecule has 0 aliphatic heterocycles.